The van der Waals surface area contributed by atoms with Crippen molar-refractivity contribution in [2.24, 2.45) is 0 Å². The highest BCUT2D eigenvalue weighted by Gasteiger charge is 2.44. The Morgan fingerprint density at radius 1 is 1.26 bits per heavy atom. The highest BCUT2D eigenvalue weighted by Crippen LogP contribution is 2.39. The van der Waals surface area contributed by atoms with Gasteiger partial charge in [-0.25, -0.2) is 0 Å². The summed E-state index contributed by atoms with van der Waals surface area (Å²) in [7, 11) is 0. The molecular formula is C21H23N5O2S3. The summed E-state index contributed by atoms with van der Waals surface area (Å²) in [5.41, 5.74) is 0.360. The maximum atomic E-state index is 13.4. The molecule has 0 saturated carbocycles. The summed E-state index contributed by atoms with van der Waals surface area (Å²) in [4.78, 5) is 28.9. The SMILES string of the molecule is CC(Sc1nnc(NCCc2cccs2)s1)C(=O)N1c2ccccc2NC(=O)C1(C)C. The van der Waals surface area contributed by atoms with Crippen LogP contribution in [0.3, 0.4) is 0 Å². The Balaban J connectivity index is 1.43. The number of amides is 2. The van der Waals surface area contributed by atoms with Crippen LogP contribution in [0.1, 0.15) is 25.6 Å². The molecule has 4 rings (SSSR count). The van der Waals surface area contributed by atoms with E-state index in [1.165, 1.54) is 28.0 Å². The van der Waals surface area contributed by atoms with Gasteiger partial charge >= 0.3 is 0 Å². The van der Waals surface area contributed by atoms with Gasteiger partial charge in [0.2, 0.25) is 16.9 Å². The number of aromatic nitrogens is 2. The molecule has 0 aliphatic carbocycles. The lowest BCUT2D eigenvalue weighted by atomic mass is 9.96. The van der Waals surface area contributed by atoms with Gasteiger partial charge in [0.25, 0.3) is 0 Å². The zero-order valence-corrected chi connectivity index (χ0v) is 19.9. The number of hydrogen-bond donors (Lipinski definition) is 2. The van der Waals surface area contributed by atoms with Crippen molar-refractivity contribution in [3.05, 3.63) is 46.7 Å². The van der Waals surface area contributed by atoms with Crippen LogP contribution in [0.5, 0.6) is 0 Å². The van der Waals surface area contributed by atoms with Crippen molar-refractivity contribution in [3.63, 3.8) is 0 Å². The first-order chi connectivity index (χ1) is 14.9. The lowest BCUT2D eigenvalue weighted by Gasteiger charge is -2.42. The first-order valence-corrected chi connectivity index (χ1v) is 12.4. The van der Waals surface area contributed by atoms with E-state index in [1.807, 2.05) is 31.2 Å². The smallest absolute Gasteiger partial charge is 0.250 e. The third kappa shape index (κ3) is 4.60. The van der Waals surface area contributed by atoms with E-state index < -0.39 is 10.8 Å². The first kappa shape index (κ1) is 21.8. The monoisotopic (exact) mass is 473 g/mol. The van der Waals surface area contributed by atoms with Gasteiger partial charge in [0.1, 0.15) is 5.54 Å². The number of fused-ring (bicyclic) bond motifs is 1. The predicted molar refractivity (Wildman–Crippen MR) is 128 cm³/mol. The van der Waals surface area contributed by atoms with E-state index in [0.29, 0.717) is 15.7 Å². The largest absolute Gasteiger partial charge is 0.360 e. The zero-order valence-electron chi connectivity index (χ0n) is 17.4. The van der Waals surface area contributed by atoms with Crippen molar-refractivity contribution >= 4 is 62.8 Å². The number of benzene rings is 1. The van der Waals surface area contributed by atoms with Gasteiger partial charge in [-0.15, -0.1) is 21.5 Å². The van der Waals surface area contributed by atoms with E-state index in [4.69, 9.17) is 0 Å². The molecule has 0 bridgehead atoms. The number of thioether (sulfide) groups is 1. The molecule has 0 fully saturated rings. The van der Waals surface area contributed by atoms with Gasteiger partial charge in [0.15, 0.2) is 4.34 Å². The van der Waals surface area contributed by atoms with Gasteiger partial charge in [-0.1, -0.05) is 41.3 Å². The van der Waals surface area contributed by atoms with Crippen LogP contribution in [-0.2, 0) is 16.0 Å². The molecule has 162 valence electrons. The fourth-order valence-electron chi connectivity index (χ4n) is 3.31. The minimum Gasteiger partial charge on any atom is -0.360 e. The van der Waals surface area contributed by atoms with Crippen LogP contribution in [0.25, 0.3) is 0 Å². The van der Waals surface area contributed by atoms with Crippen LogP contribution in [0, 0.1) is 0 Å². The Kier molecular flexibility index (Phi) is 6.31. The Morgan fingerprint density at radius 3 is 2.84 bits per heavy atom. The lowest BCUT2D eigenvalue weighted by Crippen LogP contribution is -2.60. The quantitative estimate of drug-likeness (QED) is 0.492. The second kappa shape index (κ2) is 8.97. The van der Waals surface area contributed by atoms with E-state index in [1.54, 1.807) is 36.2 Å². The van der Waals surface area contributed by atoms with Crippen molar-refractivity contribution in [1.82, 2.24) is 10.2 Å². The molecule has 10 heteroatoms. The second-order valence-corrected chi connectivity index (χ2v) is 11.2. The summed E-state index contributed by atoms with van der Waals surface area (Å²) in [5.74, 6) is -0.343. The van der Waals surface area contributed by atoms with Gasteiger partial charge in [-0.05, 0) is 50.8 Å². The maximum Gasteiger partial charge on any atom is 0.250 e. The molecular weight excluding hydrogens is 450 g/mol. The third-order valence-electron chi connectivity index (χ3n) is 4.99. The molecule has 2 amide bonds. The van der Waals surface area contributed by atoms with Gasteiger partial charge in [-0.2, -0.15) is 0 Å². The van der Waals surface area contributed by atoms with Gasteiger partial charge in [0.05, 0.1) is 16.6 Å². The van der Waals surface area contributed by atoms with Crippen LogP contribution < -0.4 is 15.5 Å². The van der Waals surface area contributed by atoms with E-state index in [0.717, 1.165) is 18.1 Å². The number of para-hydroxylation sites is 2. The zero-order chi connectivity index (χ0) is 22.0. The van der Waals surface area contributed by atoms with Crippen LogP contribution in [-0.4, -0.2) is 39.3 Å². The Bertz CT molecular complexity index is 1080. The third-order valence-corrected chi connectivity index (χ3v) is 7.98. The number of anilines is 3. The number of nitrogens with zero attached hydrogens (tertiary/aromatic N) is 3. The summed E-state index contributed by atoms with van der Waals surface area (Å²) < 4.78 is 0.715. The highest BCUT2D eigenvalue weighted by atomic mass is 32.2. The number of carbonyl (C=O) groups excluding carboxylic acids is 2. The maximum absolute atomic E-state index is 13.4. The normalized spacial score (nSPS) is 15.8. The number of thiophene rings is 1. The molecule has 0 saturated heterocycles. The topological polar surface area (TPSA) is 87.2 Å². The predicted octanol–water partition coefficient (Wildman–Crippen LogP) is 4.50. The molecule has 2 N–H and O–H groups in total. The lowest BCUT2D eigenvalue weighted by molar-refractivity contribution is -0.126. The molecule has 3 heterocycles. The second-order valence-electron chi connectivity index (χ2n) is 7.59. The molecule has 7 nitrogen and oxygen atoms in total. The van der Waals surface area contributed by atoms with Crippen molar-refractivity contribution in [1.29, 1.82) is 0 Å². The van der Waals surface area contributed by atoms with Gasteiger partial charge in [0, 0.05) is 11.4 Å². The molecule has 1 atom stereocenters. The van der Waals surface area contributed by atoms with Crippen LogP contribution in [0.2, 0.25) is 0 Å². The molecule has 3 aromatic rings. The average molecular weight is 474 g/mol. The number of carbonyl (C=O) groups is 2. The molecule has 0 radical (unpaired) electrons. The summed E-state index contributed by atoms with van der Waals surface area (Å²) in [6.07, 6.45) is 0.931. The Hall–Kier alpha value is -2.43. The van der Waals surface area contributed by atoms with Crippen molar-refractivity contribution in [2.75, 3.05) is 22.1 Å². The van der Waals surface area contributed by atoms with E-state index >= 15 is 0 Å². The van der Waals surface area contributed by atoms with Crippen molar-refractivity contribution < 1.29 is 9.59 Å². The van der Waals surface area contributed by atoms with Crippen molar-refractivity contribution in [3.8, 4) is 0 Å². The standard InChI is InChI=1S/C21H23N5O2S3/c1-13(30-20-25-24-19(31-20)22-11-10-14-7-6-12-29-14)17(27)26-16-9-5-4-8-15(16)23-18(28)21(26,2)3/h4-9,12-13H,10-11H2,1-3H3,(H,22,24)(H,23,28). The highest BCUT2D eigenvalue weighted by molar-refractivity contribution is 8.02. The summed E-state index contributed by atoms with van der Waals surface area (Å²) >= 11 is 4.53. The molecule has 1 unspecified atom stereocenters. The van der Waals surface area contributed by atoms with Crippen LogP contribution in [0.4, 0.5) is 16.5 Å². The fourth-order valence-corrected chi connectivity index (χ4v) is 5.98. The molecule has 1 aliphatic rings. The fraction of sp³-hybridized carbons (Fsp3) is 0.333. The van der Waals surface area contributed by atoms with Crippen LogP contribution >= 0.6 is 34.4 Å². The van der Waals surface area contributed by atoms with Crippen molar-refractivity contribution in [2.45, 2.75) is 42.3 Å². The number of nitrogens with one attached hydrogen (secondary N) is 2. The van der Waals surface area contributed by atoms with E-state index in [2.05, 4.69) is 32.3 Å². The van der Waals surface area contributed by atoms with E-state index in [9.17, 15) is 9.59 Å². The van der Waals surface area contributed by atoms with Crippen LogP contribution in [0.15, 0.2) is 46.1 Å². The molecule has 1 aromatic carbocycles. The molecule has 31 heavy (non-hydrogen) atoms. The molecule has 0 spiro atoms. The first-order valence-electron chi connectivity index (χ1n) is 9.87. The Morgan fingerprint density at radius 2 is 2.06 bits per heavy atom. The van der Waals surface area contributed by atoms with Gasteiger partial charge in [-0.3, -0.25) is 14.5 Å². The van der Waals surface area contributed by atoms with Gasteiger partial charge < -0.3 is 10.6 Å². The summed E-state index contributed by atoms with van der Waals surface area (Å²) in [6.45, 7) is 6.13. The summed E-state index contributed by atoms with van der Waals surface area (Å²) in [5, 5.41) is 17.0. The Labute approximate surface area is 193 Å². The number of hydrogen-bond acceptors (Lipinski definition) is 8. The minimum atomic E-state index is -0.990. The minimum absolute atomic E-state index is 0.139. The number of rotatable bonds is 7. The summed E-state index contributed by atoms with van der Waals surface area (Å²) in [6, 6.07) is 11.5. The average Bonchev–Trinajstić information content (AvgIpc) is 3.41. The molecule has 1 aliphatic heterocycles. The van der Waals surface area contributed by atoms with E-state index in [-0.39, 0.29) is 11.8 Å². The molecule has 2 aromatic heterocycles.